The molecule has 13 heteroatoms. The zero-order valence-corrected chi connectivity index (χ0v) is 30.4. The van der Waals surface area contributed by atoms with Gasteiger partial charge in [0, 0.05) is 30.7 Å². The van der Waals surface area contributed by atoms with Crippen LogP contribution < -0.4 is 14.8 Å². The number of methoxy groups -OCH3 is 1. The van der Waals surface area contributed by atoms with E-state index in [-0.39, 0.29) is 49.6 Å². The van der Waals surface area contributed by atoms with Crippen LogP contribution in [0.25, 0.3) is 11.0 Å². The number of nitrogens with one attached hydrogen (secondary N) is 1. The molecule has 1 saturated heterocycles. The number of amides is 2. The first-order chi connectivity index (χ1) is 24.2. The third kappa shape index (κ3) is 7.39. The lowest BCUT2D eigenvalue weighted by Gasteiger charge is -2.38. The van der Waals surface area contributed by atoms with Gasteiger partial charge in [0.15, 0.2) is 0 Å². The number of hydrogen-bond acceptors (Lipinski definition) is 10. The normalized spacial score (nSPS) is 30.1. The molecule has 0 aromatic carbocycles. The highest BCUT2D eigenvalue weighted by molar-refractivity contribution is 5.96. The molecule has 276 valence electrons. The molecule has 6 rings (SSSR count). The SMILES string of the molecule is CCOC(=O)[C@@]12C[C@H]1/C=C\CCCCC[C@H](CC(=O)OC(C)(C)C)C(=O)N1C[C@@]3(CC(F)c4c(c(C)nc5ccc(OC)nc45)O3)C[C@H]1C(=O)N2. The molecule has 2 aromatic heterocycles. The van der Waals surface area contributed by atoms with Crippen LogP contribution in [0.1, 0.15) is 103 Å². The average molecular weight is 709 g/mol. The largest absolute Gasteiger partial charge is 0.483 e. The summed E-state index contributed by atoms with van der Waals surface area (Å²) in [6.07, 6.45) is 5.99. The van der Waals surface area contributed by atoms with E-state index in [2.05, 4.69) is 15.3 Å². The Labute approximate surface area is 297 Å². The van der Waals surface area contributed by atoms with Gasteiger partial charge in [-0.2, -0.15) is 0 Å². The molecule has 51 heavy (non-hydrogen) atoms. The van der Waals surface area contributed by atoms with Crippen molar-refractivity contribution in [3.05, 3.63) is 35.5 Å². The summed E-state index contributed by atoms with van der Waals surface area (Å²) in [5.41, 5.74) is -1.81. The van der Waals surface area contributed by atoms with E-state index in [1.165, 1.54) is 12.0 Å². The fraction of sp³-hybridized carbons (Fsp3) is 0.632. The van der Waals surface area contributed by atoms with E-state index in [1.54, 1.807) is 46.8 Å². The molecule has 2 amide bonds. The molecule has 2 fully saturated rings. The van der Waals surface area contributed by atoms with E-state index in [0.29, 0.717) is 41.9 Å². The first-order valence-electron chi connectivity index (χ1n) is 18.1. The number of ether oxygens (including phenoxy) is 4. The third-order valence-corrected chi connectivity index (χ3v) is 10.3. The maximum atomic E-state index is 16.6. The van der Waals surface area contributed by atoms with Gasteiger partial charge in [-0.1, -0.05) is 25.0 Å². The van der Waals surface area contributed by atoms with E-state index in [4.69, 9.17) is 18.9 Å². The van der Waals surface area contributed by atoms with Crippen molar-refractivity contribution in [3.63, 3.8) is 0 Å². The molecule has 5 heterocycles. The van der Waals surface area contributed by atoms with E-state index >= 15 is 4.39 Å². The van der Waals surface area contributed by atoms with E-state index < -0.39 is 58.6 Å². The van der Waals surface area contributed by atoms with Crippen molar-refractivity contribution >= 4 is 34.8 Å². The minimum atomic E-state index is -1.56. The van der Waals surface area contributed by atoms with E-state index in [1.807, 2.05) is 12.2 Å². The summed E-state index contributed by atoms with van der Waals surface area (Å²) in [5.74, 6) is -2.53. The van der Waals surface area contributed by atoms with Crippen molar-refractivity contribution < 1.29 is 42.5 Å². The van der Waals surface area contributed by atoms with Gasteiger partial charge in [-0.05, 0) is 66.4 Å². The number of pyridine rings is 2. The van der Waals surface area contributed by atoms with Crippen molar-refractivity contribution in [2.24, 2.45) is 11.8 Å². The molecule has 6 atom stereocenters. The Morgan fingerprint density at radius 2 is 1.90 bits per heavy atom. The van der Waals surface area contributed by atoms with Crippen molar-refractivity contribution in [1.29, 1.82) is 0 Å². The van der Waals surface area contributed by atoms with Gasteiger partial charge in [0.1, 0.15) is 40.2 Å². The molecular formula is C38H49FN4O8. The molecular weight excluding hydrogens is 659 g/mol. The van der Waals surface area contributed by atoms with E-state index in [0.717, 1.165) is 19.3 Å². The van der Waals surface area contributed by atoms with Crippen molar-refractivity contribution in [1.82, 2.24) is 20.2 Å². The van der Waals surface area contributed by atoms with Crippen molar-refractivity contribution in [2.75, 3.05) is 20.3 Å². The highest BCUT2D eigenvalue weighted by atomic mass is 19.1. The lowest BCUT2D eigenvalue weighted by atomic mass is 9.86. The fourth-order valence-corrected chi connectivity index (χ4v) is 7.85. The molecule has 1 unspecified atom stereocenters. The summed E-state index contributed by atoms with van der Waals surface area (Å²) in [4.78, 5) is 66.0. The van der Waals surface area contributed by atoms with Crippen LogP contribution in [-0.4, -0.2) is 81.7 Å². The molecule has 3 aliphatic heterocycles. The third-order valence-electron chi connectivity index (χ3n) is 10.3. The van der Waals surface area contributed by atoms with Crippen molar-refractivity contribution in [2.45, 2.75) is 121 Å². The summed E-state index contributed by atoms with van der Waals surface area (Å²) in [5, 5.41) is 2.96. The predicted octanol–water partition coefficient (Wildman–Crippen LogP) is 5.39. The van der Waals surface area contributed by atoms with Crippen LogP contribution in [0, 0.1) is 18.8 Å². The molecule has 2 aromatic rings. The zero-order chi connectivity index (χ0) is 36.7. The molecule has 1 aliphatic carbocycles. The number of fused-ring (bicyclic) bond motifs is 5. The lowest BCUT2D eigenvalue weighted by Crippen LogP contribution is -2.54. The Balaban J connectivity index is 1.38. The zero-order valence-electron chi connectivity index (χ0n) is 30.4. The first-order valence-corrected chi connectivity index (χ1v) is 18.1. The summed E-state index contributed by atoms with van der Waals surface area (Å²) >= 11 is 0. The van der Waals surface area contributed by atoms with Crippen LogP contribution in [0.4, 0.5) is 4.39 Å². The number of carbonyl (C=O) groups is 4. The van der Waals surface area contributed by atoms with E-state index in [9.17, 15) is 19.2 Å². The number of allylic oxidation sites excluding steroid dienone is 1. The van der Waals surface area contributed by atoms with Gasteiger partial charge >= 0.3 is 11.9 Å². The maximum absolute atomic E-state index is 16.6. The quantitative estimate of drug-likeness (QED) is 0.317. The number of rotatable bonds is 5. The van der Waals surface area contributed by atoms with Gasteiger partial charge in [-0.25, -0.2) is 19.2 Å². The Bertz CT molecular complexity index is 1740. The number of hydrogen-bond donors (Lipinski definition) is 1. The van der Waals surface area contributed by atoms with Gasteiger partial charge in [-0.3, -0.25) is 14.4 Å². The monoisotopic (exact) mass is 708 g/mol. The second kappa shape index (κ2) is 14.0. The second-order valence-corrected chi connectivity index (χ2v) is 15.3. The van der Waals surface area contributed by atoms with Gasteiger partial charge in [0.2, 0.25) is 17.7 Å². The summed E-state index contributed by atoms with van der Waals surface area (Å²) in [7, 11) is 1.48. The molecule has 0 radical (unpaired) electrons. The molecule has 12 nitrogen and oxygen atoms in total. The van der Waals surface area contributed by atoms with Gasteiger partial charge < -0.3 is 29.2 Å². The number of alkyl halides is 1. The van der Waals surface area contributed by atoms with Crippen LogP contribution >= 0.6 is 0 Å². The molecule has 0 bridgehead atoms. The second-order valence-electron chi connectivity index (χ2n) is 15.3. The number of nitrogens with zero attached hydrogens (tertiary/aromatic N) is 3. The van der Waals surface area contributed by atoms with Crippen LogP contribution in [0.2, 0.25) is 0 Å². The Hall–Kier alpha value is -4.29. The van der Waals surface area contributed by atoms with Crippen LogP contribution in [0.5, 0.6) is 11.6 Å². The highest BCUT2D eigenvalue weighted by Gasteiger charge is 2.63. The molecule has 1 spiro atoms. The van der Waals surface area contributed by atoms with Crippen LogP contribution in [0.3, 0.4) is 0 Å². The maximum Gasteiger partial charge on any atom is 0.332 e. The minimum absolute atomic E-state index is 0.0357. The molecule has 1 saturated carbocycles. The van der Waals surface area contributed by atoms with Crippen molar-refractivity contribution in [3.8, 4) is 11.6 Å². The Morgan fingerprint density at radius 3 is 2.63 bits per heavy atom. The highest BCUT2D eigenvalue weighted by Crippen LogP contribution is 2.51. The molecule has 4 aliphatic rings. The number of esters is 2. The molecule has 1 N–H and O–H groups in total. The summed E-state index contributed by atoms with van der Waals surface area (Å²) in [6.45, 7) is 8.77. The fourth-order valence-electron chi connectivity index (χ4n) is 7.85. The number of aromatic nitrogens is 2. The topological polar surface area (TPSA) is 146 Å². The minimum Gasteiger partial charge on any atom is -0.483 e. The Kier molecular flexibility index (Phi) is 10.0. The van der Waals surface area contributed by atoms with Gasteiger partial charge in [0.25, 0.3) is 0 Å². The lowest BCUT2D eigenvalue weighted by molar-refractivity contribution is -0.159. The van der Waals surface area contributed by atoms with Crippen LogP contribution in [0.15, 0.2) is 24.3 Å². The van der Waals surface area contributed by atoms with Crippen LogP contribution in [-0.2, 0) is 28.7 Å². The summed E-state index contributed by atoms with van der Waals surface area (Å²) < 4.78 is 39.6. The predicted molar refractivity (Wildman–Crippen MR) is 185 cm³/mol. The average Bonchev–Trinajstić information content (AvgIpc) is 3.64. The first kappa shape index (κ1) is 36.5. The van der Waals surface area contributed by atoms with Gasteiger partial charge in [0.05, 0.1) is 43.5 Å². The Morgan fingerprint density at radius 1 is 1.12 bits per heavy atom. The number of carbonyl (C=O) groups excluding carboxylic acids is 4. The summed E-state index contributed by atoms with van der Waals surface area (Å²) in [6, 6.07) is 2.26. The van der Waals surface area contributed by atoms with Gasteiger partial charge in [-0.15, -0.1) is 0 Å². The number of aryl methyl sites for hydroxylation is 1. The number of halogens is 1. The standard InChI is InChI=1S/C38H49FN4O8/c1-7-49-35(47)38-18-24(38)14-12-10-8-9-11-13-23(17-29(44)50-36(3,4)5)34(46)43-21-37(20-27(43)33(45)42-38)19-25(39)30-31-26(15-16-28(41-31)48-6)40-22(2)32(30)51-37/h12,14-16,23-25,27H,7-11,13,17-21H2,1-6H3,(H,42,45)/b14-12-/t23-,24-,25?,27+,37-,38-/m1/s1. The smallest absolute Gasteiger partial charge is 0.332 e.